The smallest absolute Gasteiger partial charge is 0.259 e. The van der Waals surface area contributed by atoms with Gasteiger partial charge in [0.15, 0.2) is 0 Å². The number of nitrogens with one attached hydrogen (secondary N) is 2. The quantitative estimate of drug-likeness (QED) is 0.436. The highest BCUT2D eigenvalue weighted by Gasteiger charge is 2.20. The minimum absolute atomic E-state index is 0.0253. The van der Waals surface area contributed by atoms with E-state index in [9.17, 15) is 14.0 Å². The first kappa shape index (κ1) is 22.7. The molecule has 0 fully saturated rings. The van der Waals surface area contributed by atoms with Crippen molar-refractivity contribution in [3.8, 4) is 11.4 Å². The lowest BCUT2D eigenvalue weighted by Crippen LogP contribution is -2.19. The van der Waals surface area contributed by atoms with Crippen molar-refractivity contribution in [3.05, 3.63) is 83.7 Å². The molecule has 0 bridgehead atoms. The average Bonchev–Trinajstić information content (AvgIpc) is 3.37. The molecule has 9 nitrogen and oxygen atoms in total. The Labute approximate surface area is 195 Å². The topological polar surface area (TPSA) is 103 Å². The molecule has 4 aromatic rings. The Hall–Kier alpha value is -4.47. The fourth-order valence-corrected chi connectivity index (χ4v) is 3.54. The van der Waals surface area contributed by atoms with E-state index < -0.39 is 0 Å². The van der Waals surface area contributed by atoms with Crippen LogP contribution in [0, 0.1) is 19.7 Å². The number of ether oxygens (including phenoxy) is 1. The van der Waals surface area contributed by atoms with Crippen molar-refractivity contribution in [1.82, 2.24) is 19.6 Å². The average molecular weight is 462 g/mol. The van der Waals surface area contributed by atoms with Gasteiger partial charge in [0, 0.05) is 11.9 Å². The van der Waals surface area contributed by atoms with Crippen molar-refractivity contribution in [2.75, 3.05) is 17.7 Å². The number of carbonyl (C=O) groups is 2. The first-order chi connectivity index (χ1) is 16.3. The van der Waals surface area contributed by atoms with Crippen molar-refractivity contribution < 1.29 is 18.7 Å². The van der Waals surface area contributed by atoms with E-state index in [0.717, 1.165) is 0 Å². The Morgan fingerprint density at radius 1 is 1.00 bits per heavy atom. The van der Waals surface area contributed by atoms with E-state index in [1.807, 2.05) is 0 Å². The summed E-state index contributed by atoms with van der Waals surface area (Å²) in [6, 6.07) is 12.8. The van der Waals surface area contributed by atoms with Gasteiger partial charge < -0.3 is 15.4 Å². The number of aryl methyl sites for hydroxylation is 1. The van der Waals surface area contributed by atoms with Gasteiger partial charge >= 0.3 is 0 Å². The predicted molar refractivity (Wildman–Crippen MR) is 125 cm³/mol. The molecule has 4 rings (SSSR count). The minimum Gasteiger partial charge on any atom is -0.497 e. The second-order valence-corrected chi connectivity index (χ2v) is 7.59. The third-order valence-corrected chi connectivity index (χ3v) is 5.16. The van der Waals surface area contributed by atoms with E-state index >= 15 is 0 Å². The molecule has 2 aromatic carbocycles. The van der Waals surface area contributed by atoms with E-state index in [4.69, 9.17) is 4.74 Å². The number of anilines is 2. The Balaban J connectivity index is 1.41. The molecule has 10 heteroatoms. The van der Waals surface area contributed by atoms with E-state index in [-0.39, 0.29) is 24.2 Å². The third-order valence-electron chi connectivity index (χ3n) is 5.16. The Morgan fingerprint density at radius 3 is 2.38 bits per heavy atom. The number of amides is 2. The van der Waals surface area contributed by atoms with Gasteiger partial charge in [0.1, 0.15) is 18.1 Å². The van der Waals surface area contributed by atoms with Gasteiger partial charge in [-0.2, -0.15) is 10.2 Å². The van der Waals surface area contributed by atoms with Crippen molar-refractivity contribution in [2.45, 2.75) is 20.4 Å². The highest BCUT2D eigenvalue weighted by Crippen LogP contribution is 2.20. The number of hydrogen-bond donors (Lipinski definition) is 2. The molecule has 174 valence electrons. The number of halogens is 1. The molecule has 0 unspecified atom stereocenters. The molecule has 0 spiro atoms. The lowest BCUT2D eigenvalue weighted by Gasteiger charge is -2.07. The summed E-state index contributed by atoms with van der Waals surface area (Å²) >= 11 is 0. The van der Waals surface area contributed by atoms with Gasteiger partial charge in [-0.25, -0.2) is 9.07 Å². The minimum atomic E-state index is -0.356. The standard InChI is InChI=1S/C24H23FN6O3/c1-15-23(16(2)31(29-15)20-8-4-17(25)5-9-20)24(33)28-19-12-26-30(13-19)14-22(32)27-18-6-10-21(34-3)11-7-18/h4-13H,14H2,1-3H3,(H,27,32)(H,28,33). The summed E-state index contributed by atoms with van der Waals surface area (Å²) < 4.78 is 21.4. The molecule has 34 heavy (non-hydrogen) atoms. The van der Waals surface area contributed by atoms with Crippen LogP contribution in [0.25, 0.3) is 5.69 Å². The number of nitrogens with zero attached hydrogens (tertiary/aromatic N) is 4. The van der Waals surface area contributed by atoms with Gasteiger partial charge in [-0.3, -0.25) is 14.3 Å². The van der Waals surface area contributed by atoms with Crippen LogP contribution in [0.2, 0.25) is 0 Å². The number of aromatic nitrogens is 4. The molecule has 2 amide bonds. The molecule has 0 aliphatic heterocycles. The lowest BCUT2D eigenvalue weighted by molar-refractivity contribution is -0.116. The molecule has 0 saturated carbocycles. The van der Waals surface area contributed by atoms with Crippen LogP contribution in [0.4, 0.5) is 15.8 Å². The Morgan fingerprint density at radius 2 is 1.71 bits per heavy atom. The molecular formula is C24H23FN6O3. The molecule has 0 aliphatic rings. The Kier molecular flexibility index (Phi) is 6.39. The van der Waals surface area contributed by atoms with E-state index in [2.05, 4.69) is 20.8 Å². The monoisotopic (exact) mass is 462 g/mol. The van der Waals surface area contributed by atoms with Crippen LogP contribution in [0.1, 0.15) is 21.7 Å². The molecule has 0 saturated heterocycles. The van der Waals surface area contributed by atoms with Crippen LogP contribution in [0.3, 0.4) is 0 Å². The van der Waals surface area contributed by atoms with Crippen molar-refractivity contribution in [3.63, 3.8) is 0 Å². The third kappa shape index (κ3) is 4.96. The first-order valence-corrected chi connectivity index (χ1v) is 10.4. The number of rotatable bonds is 7. The highest BCUT2D eigenvalue weighted by molar-refractivity contribution is 6.05. The Bertz CT molecular complexity index is 1330. The normalized spacial score (nSPS) is 10.7. The number of methoxy groups -OCH3 is 1. The van der Waals surface area contributed by atoms with Crippen molar-refractivity contribution >= 4 is 23.2 Å². The van der Waals surface area contributed by atoms with Crippen molar-refractivity contribution in [1.29, 1.82) is 0 Å². The number of carbonyl (C=O) groups excluding carboxylic acids is 2. The maximum atomic E-state index is 13.2. The van der Waals surface area contributed by atoms with Crippen LogP contribution in [-0.2, 0) is 11.3 Å². The van der Waals surface area contributed by atoms with E-state index in [1.54, 1.807) is 68.2 Å². The molecule has 2 N–H and O–H groups in total. The number of benzene rings is 2. The maximum Gasteiger partial charge on any atom is 0.259 e. The summed E-state index contributed by atoms with van der Waals surface area (Å²) in [6.07, 6.45) is 3.04. The van der Waals surface area contributed by atoms with E-state index in [0.29, 0.717) is 39.8 Å². The van der Waals surface area contributed by atoms with Crippen LogP contribution < -0.4 is 15.4 Å². The molecule has 0 atom stereocenters. The van der Waals surface area contributed by atoms with Gasteiger partial charge in [0.05, 0.1) is 41.6 Å². The summed E-state index contributed by atoms with van der Waals surface area (Å²) in [5.41, 5.74) is 3.29. The molecule has 2 heterocycles. The molecule has 0 radical (unpaired) electrons. The zero-order valence-corrected chi connectivity index (χ0v) is 18.9. The van der Waals surface area contributed by atoms with Gasteiger partial charge in [0.25, 0.3) is 5.91 Å². The van der Waals surface area contributed by atoms with Gasteiger partial charge in [-0.05, 0) is 62.4 Å². The number of hydrogen-bond acceptors (Lipinski definition) is 5. The first-order valence-electron chi connectivity index (χ1n) is 10.4. The van der Waals surface area contributed by atoms with Crippen LogP contribution >= 0.6 is 0 Å². The largest absolute Gasteiger partial charge is 0.497 e. The maximum absolute atomic E-state index is 13.2. The fraction of sp³-hybridized carbons (Fsp3) is 0.167. The summed E-state index contributed by atoms with van der Waals surface area (Å²) in [5, 5.41) is 14.1. The van der Waals surface area contributed by atoms with Crippen LogP contribution in [0.5, 0.6) is 5.75 Å². The zero-order chi connectivity index (χ0) is 24.2. The second kappa shape index (κ2) is 9.57. The highest BCUT2D eigenvalue weighted by atomic mass is 19.1. The molecule has 2 aromatic heterocycles. The zero-order valence-electron chi connectivity index (χ0n) is 18.9. The van der Waals surface area contributed by atoms with Crippen LogP contribution in [-0.4, -0.2) is 38.5 Å². The summed E-state index contributed by atoms with van der Waals surface area (Å²) in [4.78, 5) is 25.2. The second-order valence-electron chi connectivity index (χ2n) is 7.59. The summed E-state index contributed by atoms with van der Waals surface area (Å²) in [7, 11) is 1.57. The fourth-order valence-electron chi connectivity index (χ4n) is 3.54. The lowest BCUT2D eigenvalue weighted by atomic mass is 10.2. The van der Waals surface area contributed by atoms with Gasteiger partial charge in [0.2, 0.25) is 5.91 Å². The molecular weight excluding hydrogens is 439 g/mol. The molecule has 0 aliphatic carbocycles. The van der Waals surface area contributed by atoms with Gasteiger partial charge in [-0.15, -0.1) is 0 Å². The SMILES string of the molecule is COc1ccc(NC(=O)Cn2cc(NC(=O)c3c(C)nn(-c4ccc(F)cc4)c3C)cn2)cc1. The van der Waals surface area contributed by atoms with Gasteiger partial charge in [-0.1, -0.05) is 0 Å². The summed E-state index contributed by atoms with van der Waals surface area (Å²) in [6.45, 7) is 3.47. The predicted octanol–water partition coefficient (Wildman–Crippen LogP) is 3.72. The van der Waals surface area contributed by atoms with Crippen LogP contribution in [0.15, 0.2) is 60.9 Å². The van der Waals surface area contributed by atoms with E-state index in [1.165, 1.54) is 23.0 Å². The summed E-state index contributed by atoms with van der Waals surface area (Å²) in [5.74, 6) is -0.277. The van der Waals surface area contributed by atoms with Crippen molar-refractivity contribution in [2.24, 2.45) is 0 Å².